The molecule has 1 aromatic heterocycles. The van der Waals surface area contributed by atoms with Crippen molar-refractivity contribution >= 4 is 29.2 Å². The van der Waals surface area contributed by atoms with Gasteiger partial charge in [-0.2, -0.15) is 4.68 Å². The molecule has 0 saturated carbocycles. The van der Waals surface area contributed by atoms with E-state index in [9.17, 15) is 9.59 Å². The molecular formula is C16H12ClN5O3. The lowest BCUT2D eigenvalue weighted by Gasteiger charge is -2.10. The lowest BCUT2D eigenvalue weighted by molar-refractivity contribution is 0.0600. The van der Waals surface area contributed by atoms with E-state index in [1.54, 1.807) is 30.3 Å². The zero-order valence-corrected chi connectivity index (χ0v) is 13.8. The molecule has 0 aliphatic carbocycles. The van der Waals surface area contributed by atoms with Gasteiger partial charge >= 0.3 is 5.97 Å². The second-order valence-electron chi connectivity index (χ2n) is 4.91. The SMILES string of the molecule is COC(=O)c1cc(NC(=O)c2ccccc2-n2cnnn2)ccc1Cl. The van der Waals surface area contributed by atoms with Crippen LogP contribution in [-0.4, -0.2) is 39.2 Å². The van der Waals surface area contributed by atoms with Crippen molar-refractivity contribution in [2.75, 3.05) is 12.4 Å². The summed E-state index contributed by atoms with van der Waals surface area (Å²) in [6.45, 7) is 0. The molecule has 0 aliphatic heterocycles. The van der Waals surface area contributed by atoms with Crippen LogP contribution in [0, 0.1) is 0 Å². The Morgan fingerprint density at radius 2 is 1.96 bits per heavy atom. The molecule has 9 heteroatoms. The third kappa shape index (κ3) is 3.48. The van der Waals surface area contributed by atoms with Gasteiger partial charge in [-0.05, 0) is 40.8 Å². The van der Waals surface area contributed by atoms with Crippen LogP contribution in [0.5, 0.6) is 0 Å². The van der Waals surface area contributed by atoms with Crippen LogP contribution in [-0.2, 0) is 4.74 Å². The van der Waals surface area contributed by atoms with E-state index in [2.05, 4.69) is 25.6 Å². The van der Waals surface area contributed by atoms with Gasteiger partial charge in [-0.25, -0.2) is 4.79 Å². The Balaban J connectivity index is 1.90. The first-order valence-electron chi connectivity index (χ1n) is 7.11. The molecule has 3 rings (SSSR count). The van der Waals surface area contributed by atoms with Crippen LogP contribution >= 0.6 is 11.6 Å². The van der Waals surface area contributed by atoms with Gasteiger partial charge in [0.05, 0.1) is 28.9 Å². The number of para-hydroxylation sites is 1. The monoisotopic (exact) mass is 357 g/mol. The number of carbonyl (C=O) groups is 2. The molecule has 1 heterocycles. The van der Waals surface area contributed by atoms with Gasteiger partial charge in [-0.3, -0.25) is 4.79 Å². The Morgan fingerprint density at radius 1 is 1.16 bits per heavy atom. The number of tetrazole rings is 1. The molecule has 0 radical (unpaired) electrons. The Kier molecular flexibility index (Phi) is 4.71. The summed E-state index contributed by atoms with van der Waals surface area (Å²) >= 11 is 5.98. The van der Waals surface area contributed by atoms with Crippen molar-refractivity contribution in [3.05, 3.63) is 64.9 Å². The smallest absolute Gasteiger partial charge is 0.339 e. The molecule has 25 heavy (non-hydrogen) atoms. The lowest BCUT2D eigenvalue weighted by atomic mass is 10.1. The molecule has 8 nitrogen and oxygen atoms in total. The van der Waals surface area contributed by atoms with Crippen LogP contribution in [0.2, 0.25) is 5.02 Å². The van der Waals surface area contributed by atoms with E-state index >= 15 is 0 Å². The number of halogens is 1. The maximum Gasteiger partial charge on any atom is 0.339 e. The Labute approximate surface area is 147 Å². The van der Waals surface area contributed by atoms with Crippen LogP contribution in [0.15, 0.2) is 48.8 Å². The van der Waals surface area contributed by atoms with E-state index < -0.39 is 5.97 Å². The molecule has 0 unspecified atom stereocenters. The zero-order valence-electron chi connectivity index (χ0n) is 13.0. The summed E-state index contributed by atoms with van der Waals surface area (Å²) in [4.78, 5) is 24.3. The average molecular weight is 358 g/mol. The highest BCUT2D eigenvalue weighted by atomic mass is 35.5. The van der Waals surface area contributed by atoms with Gasteiger partial charge in [-0.1, -0.05) is 23.7 Å². The van der Waals surface area contributed by atoms with Gasteiger partial charge < -0.3 is 10.1 Å². The molecule has 3 aromatic rings. The summed E-state index contributed by atoms with van der Waals surface area (Å²) in [6, 6.07) is 11.4. The minimum atomic E-state index is -0.588. The molecule has 126 valence electrons. The van der Waals surface area contributed by atoms with Gasteiger partial charge in [-0.15, -0.1) is 5.10 Å². The van der Waals surface area contributed by atoms with E-state index in [4.69, 9.17) is 11.6 Å². The van der Waals surface area contributed by atoms with Crippen LogP contribution in [0.25, 0.3) is 5.69 Å². The first-order valence-corrected chi connectivity index (χ1v) is 7.49. The average Bonchev–Trinajstić information content (AvgIpc) is 3.17. The number of nitrogens with one attached hydrogen (secondary N) is 1. The number of esters is 1. The predicted molar refractivity (Wildman–Crippen MR) is 89.9 cm³/mol. The molecule has 0 atom stereocenters. The Bertz CT molecular complexity index is 927. The van der Waals surface area contributed by atoms with Crippen molar-refractivity contribution in [3.8, 4) is 5.69 Å². The standard InChI is InChI=1S/C16H12ClN5O3/c1-25-16(24)12-8-10(6-7-13(12)17)19-15(23)11-4-2-3-5-14(11)22-9-18-20-21-22/h2-9H,1H3,(H,19,23). The predicted octanol–water partition coefficient (Wildman–Crippen LogP) is 2.35. The Morgan fingerprint density at radius 3 is 2.68 bits per heavy atom. The number of amides is 1. The van der Waals surface area contributed by atoms with Crippen molar-refractivity contribution in [2.45, 2.75) is 0 Å². The molecular weight excluding hydrogens is 346 g/mol. The number of ether oxygens (including phenoxy) is 1. The fourth-order valence-electron chi connectivity index (χ4n) is 2.20. The van der Waals surface area contributed by atoms with E-state index in [1.165, 1.54) is 30.3 Å². The minimum Gasteiger partial charge on any atom is -0.465 e. The number of anilines is 1. The van der Waals surface area contributed by atoms with Crippen LogP contribution in [0.3, 0.4) is 0 Å². The fraction of sp³-hybridized carbons (Fsp3) is 0.0625. The van der Waals surface area contributed by atoms with E-state index in [-0.39, 0.29) is 16.5 Å². The van der Waals surface area contributed by atoms with Crippen molar-refractivity contribution in [3.63, 3.8) is 0 Å². The highest BCUT2D eigenvalue weighted by Gasteiger charge is 2.16. The number of rotatable bonds is 4. The van der Waals surface area contributed by atoms with Crippen LogP contribution < -0.4 is 5.32 Å². The number of methoxy groups -OCH3 is 1. The third-order valence-electron chi connectivity index (χ3n) is 3.37. The van der Waals surface area contributed by atoms with Gasteiger partial charge in [0.15, 0.2) is 0 Å². The first kappa shape index (κ1) is 16.6. The second-order valence-corrected chi connectivity index (χ2v) is 5.32. The molecule has 0 fully saturated rings. The van der Waals surface area contributed by atoms with Crippen molar-refractivity contribution < 1.29 is 14.3 Å². The topological polar surface area (TPSA) is 99.0 Å². The van der Waals surface area contributed by atoms with E-state index in [0.717, 1.165) is 0 Å². The number of nitrogens with zero attached hydrogens (tertiary/aromatic N) is 4. The number of aromatic nitrogens is 4. The zero-order chi connectivity index (χ0) is 17.8. The summed E-state index contributed by atoms with van der Waals surface area (Å²) in [7, 11) is 1.26. The summed E-state index contributed by atoms with van der Waals surface area (Å²) in [5, 5.41) is 13.9. The maximum absolute atomic E-state index is 12.6. The van der Waals surface area contributed by atoms with Gasteiger partial charge in [0.25, 0.3) is 5.91 Å². The third-order valence-corrected chi connectivity index (χ3v) is 3.70. The van der Waals surface area contributed by atoms with Gasteiger partial charge in [0, 0.05) is 5.69 Å². The maximum atomic E-state index is 12.6. The van der Waals surface area contributed by atoms with Gasteiger partial charge in [0.1, 0.15) is 6.33 Å². The van der Waals surface area contributed by atoms with Crippen molar-refractivity contribution in [1.29, 1.82) is 0 Å². The normalized spacial score (nSPS) is 10.3. The second kappa shape index (κ2) is 7.10. The molecule has 2 aromatic carbocycles. The van der Waals surface area contributed by atoms with Gasteiger partial charge in [0.2, 0.25) is 0 Å². The minimum absolute atomic E-state index is 0.163. The number of carbonyl (C=O) groups excluding carboxylic acids is 2. The number of hydrogen-bond donors (Lipinski definition) is 1. The van der Waals surface area contributed by atoms with Crippen LogP contribution in [0.4, 0.5) is 5.69 Å². The highest BCUT2D eigenvalue weighted by Crippen LogP contribution is 2.22. The van der Waals surface area contributed by atoms with Crippen molar-refractivity contribution in [1.82, 2.24) is 20.2 Å². The fourth-order valence-corrected chi connectivity index (χ4v) is 2.40. The van der Waals surface area contributed by atoms with E-state index in [0.29, 0.717) is 16.9 Å². The summed E-state index contributed by atoms with van der Waals surface area (Å²) in [5.41, 5.74) is 1.45. The molecule has 0 bridgehead atoms. The quantitative estimate of drug-likeness (QED) is 0.719. The molecule has 0 aliphatic rings. The summed E-state index contributed by atoms with van der Waals surface area (Å²) < 4.78 is 6.05. The lowest BCUT2D eigenvalue weighted by Crippen LogP contribution is -2.16. The number of benzene rings is 2. The Hall–Kier alpha value is -3.26. The molecule has 0 spiro atoms. The van der Waals surface area contributed by atoms with Crippen LogP contribution in [0.1, 0.15) is 20.7 Å². The van der Waals surface area contributed by atoms with E-state index in [1.807, 2.05) is 0 Å². The molecule has 1 N–H and O–H groups in total. The molecule has 1 amide bonds. The number of hydrogen-bond acceptors (Lipinski definition) is 6. The first-order chi connectivity index (χ1) is 12.1. The highest BCUT2D eigenvalue weighted by molar-refractivity contribution is 6.33. The summed E-state index contributed by atoms with van der Waals surface area (Å²) in [5.74, 6) is -0.973. The molecule has 0 saturated heterocycles. The summed E-state index contributed by atoms with van der Waals surface area (Å²) in [6.07, 6.45) is 1.39. The largest absolute Gasteiger partial charge is 0.465 e. The van der Waals surface area contributed by atoms with Crippen molar-refractivity contribution in [2.24, 2.45) is 0 Å².